The maximum Gasteiger partial charge on any atom is 0.337 e. The van der Waals surface area contributed by atoms with E-state index >= 15 is 0 Å². The molecule has 0 bridgehead atoms. The number of aryl methyl sites for hydroxylation is 1. The van der Waals surface area contributed by atoms with Gasteiger partial charge >= 0.3 is 5.97 Å². The average Bonchev–Trinajstić information content (AvgIpc) is 3.51. The number of rotatable bonds is 5. The van der Waals surface area contributed by atoms with Gasteiger partial charge in [-0.15, -0.1) is 0 Å². The standard InChI is InChI=1S/C27H25N3O2/c1-3-29-23-7-5-4-6-20(23)21-14-18(11-13-24(21)29)26-28-22-12-10-19(27(31)32-2)15-25(22)30(26)16-17-8-9-17/h4-7,10-15,17H,3,8-9,16H2,1-2H3. The second-order valence-corrected chi connectivity index (χ2v) is 8.68. The highest BCUT2D eigenvalue weighted by atomic mass is 16.5. The summed E-state index contributed by atoms with van der Waals surface area (Å²) in [4.78, 5) is 17.1. The molecule has 6 rings (SSSR count). The summed E-state index contributed by atoms with van der Waals surface area (Å²) in [6.45, 7) is 4.04. The zero-order chi connectivity index (χ0) is 21.8. The van der Waals surface area contributed by atoms with Crippen molar-refractivity contribution in [2.45, 2.75) is 32.9 Å². The molecule has 2 aromatic heterocycles. The fourth-order valence-corrected chi connectivity index (χ4v) is 4.86. The van der Waals surface area contributed by atoms with Gasteiger partial charge < -0.3 is 13.9 Å². The van der Waals surface area contributed by atoms with Crippen LogP contribution in [-0.4, -0.2) is 27.2 Å². The smallest absolute Gasteiger partial charge is 0.337 e. The molecule has 0 radical (unpaired) electrons. The van der Waals surface area contributed by atoms with E-state index in [1.807, 2.05) is 12.1 Å². The number of benzene rings is 3. The number of imidazole rings is 1. The Morgan fingerprint density at radius 3 is 2.56 bits per heavy atom. The quantitative estimate of drug-likeness (QED) is 0.324. The van der Waals surface area contributed by atoms with Crippen LogP contribution in [-0.2, 0) is 17.8 Å². The van der Waals surface area contributed by atoms with Crippen molar-refractivity contribution in [3.63, 3.8) is 0 Å². The number of nitrogens with zero attached hydrogens (tertiary/aromatic N) is 3. The SMILES string of the molecule is CCn1c2ccccc2c2cc(-c3nc4ccc(C(=O)OC)cc4n3CC3CC3)ccc21. The van der Waals surface area contributed by atoms with Crippen LogP contribution in [0.4, 0.5) is 0 Å². The van der Waals surface area contributed by atoms with Gasteiger partial charge in [0.2, 0.25) is 0 Å². The molecule has 1 saturated carbocycles. The summed E-state index contributed by atoms with van der Waals surface area (Å²) in [5.41, 5.74) is 6.07. The second-order valence-electron chi connectivity index (χ2n) is 8.68. The lowest BCUT2D eigenvalue weighted by atomic mass is 10.1. The largest absolute Gasteiger partial charge is 0.465 e. The molecule has 160 valence electrons. The molecule has 0 unspecified atom stereocenters. The Hall–Kier alpha value is -3.60. The number of aromatic nitrogens is 3. The normalized spacial score (nSPS) is 13.9. The van der Waals surface area contributed by atoms with Crippen molar-refractivity contribution in [1.82, 2.24) is 14.1 Å². The summed E-state index contributed by atoms with van der Waals surface area (Å²) in [5, 5.41) is 2.52. The van der Waals surface area contributed by atoms with Gasteiger partial charge in [-0.05, 0) is 68.1 Å². The molecule has 1 fully saturated rings. The van der Waals surface area contributed by atoms with Gasteiger partial charge in [0.15, 0.2) is 0 Å². The predicted octanol–water partition coefficient (Wildman–Crippen LogP) is 6.03. The summed E-state index contributed by atoms with van der Waals surface area (Å²) >= 11 is 0. The monoisotopic (exact) mass is 423 g/mol. The molecule has 3 aromatic carbocycles. The van der Waals surface area contributed by atoms with Gasteiger partial charge in [0.1, 0.15) is 5.82 Å². The van der Waals surface area contributed by atoms with Crippen molar-refractivity contribution in [3.8, 4) is 11.4 Å². The molecule has 1 aliphatic carbocycles. The van der Waals surface area contributed by atoms with Crippen LogP contribution in [0.3, 0.4) is 0 Å². The zero-order valence-corrected chi connectivity index (χ0v) is 18.3. The fraction of sp³-hybridized carbons (Fsp3) is 0.259. The van der Waals surface area contributed by atoms with Gasteiger partial charge in [-0.1, -0.05) is 18.2 Å². The first kappa shape index (κ1) is 19.1. The van der Waals surface area contributed by atoms with Crippen molar-refractivity contribution in [1.29, 1.82) is 0 Å². The second kappa shape index (κ2) is 7.23. The fourth-order valence-electron chi connectivity index (χ4n) is 4.86. The summed E-state index contributed by atoms with van der Waals surface area (Å²) in [6.07, 6.45) is 2.50. The van der Waals surface area contributed by atoms with E-state index in [0.717, 1.165) is 35.5 Å². The first-order valence-corrected chi connectivity index (χ1v) is 11.3. The van der Waals surface area contributed by atoms with Crippen LogP contribution in [0.5, 0.6) is 0 Å². The van der Waals surface area contributed by atoms with Gasteiger partial charge in [-0.25, -0.2) is 9.78 Å². The maximum atomic E-state index is 12.1. The van der Waals surface area contributed by atoms with Gasteiger partial charge in [0, 0.05) is 40.5 Å². The van der Waals surface area contributed by atoms with E-state index in [1.54, 1.807) is 6.07 Å². The number of hydrogen-bond donors (Lipinski definition) is 0. The molecule has 0 amide bonds. The Kier molecular flexibility index (Phi) is 4.32. The number of carbonyl (C=O) groups is 1. The van der Waals surface area contributed by atoms with Crippen LogP contribution in [0.2, 0.25) is 0 Å². The van der Waals surface area contributed by atoms with Crippen molar-refractivity contribution in [2.75, 3.05) is 7.11 Å². The number of methoxy groups -OCH3 is 1. The van der Waals surface area contributed by atoms with E-state index in [9.17, 15) is 4.79 Å². The van der Waals surface area contributed by atoms with E-state index in [0.29, 0.717) is 11.5 Å². The third-order valence-corrected chi connectivity index (χ3v) is 6.65. The summed E-state index contributed by atoms with van der Waals surface area (Å²) in [7, 11) is 1.42. The first-order valence-electron chi connectivity index (χ1n) is 11.3. The van der Waals surface area contributed by atoms with E-state index in [2.05, 4.69) is 58.5 Å². The Labute approximate surface area is 186 Å². The van der Waals surface area contributed by atoms with Gasteiger partial charge in [-0.2, -0.15) is 0 Å². The van der Waals surface area contributed by atoms with Crippen molar-refractivity contribution >= 4 is 38.8 Å². The molecule has 0 aliphatic heterocycles. The number of hydrogen-bond acceptors (Lipinski definition) is 3. The summed E-state index contributed by atoms with van der Waals surface area (Å²) in [6, 6.07) is 20.9. The molecule has 5 nitrogen and oxygen atoms in total. The molecule has 0 atom stereocenters. The minimum Gasteiger partial charge on any atom is -0.465 e. The lowest BCUT2D eigenvalue weighted by molar-refractivity contribution is 0.0601. The number of fused-ring (bicyclic) bond motifs is 4. The summed E-state index contributed by atoms with van der Waals surface area (Å²) in [5.74, 6) is 1.32. The lowest BCUT2D eigenvalue weighted by Crippen LogP contribution is -2.04. The maximum absolute atomic E-state index is 12.1. The van der Waals surface area contributed by atoms with Crippen molar-refractivity contribution < 1.29 is 9.53 Å². The summed E-state index contributed by atoms with van der Waals surface area (Å²) < 4.78 is 9.60. The Balaban J connectivity index is 1.58. The molecule has 32 heavy (non-hydrogen) atoms. The highest BCUT2D eigenvalue weighted by molar-refractivity contribution is 6.09. The molecule has 0 spiro atoms. The van der Waals surface area contributed by atoms with Gasteiger partial charge in [0.25, 0.3) is 0 Å². The highest BCUT2D eigenvalue weighted by Crippen LogP contribution is 2.37. The first-order chi connectivity index (χ1) is 15.7. The Morgan fingerprint density at radius 1 is 0.969 bits per heavy atom. The molecular weight excluding hydrogens is 398 g/mol. The number of para-hydroxylation sites is 1. The van der Waals surface area contributed by atoms with E-state index < -0.39 is 0 Å². The minimum absolute atomic E-state index is 0.318. The van der Waals surface area contributed by atoms with Crippen LogP contribution in [0, 0.1) is 5.92 Å². The third kappa shape index (κ3) is 2.92. The molecular formula is C27H25N3O2. The van der Waals surface area contributed by atoms with Gasteiger partial charge in [0.05, 0.1) is 23.7 Å². The number of carbonyl (C=O) groups excluding carboxylic acids is 1. The molecule has 0 N–H and O–H groups in total. The van der Waals surface area contributed by atoms with E-state index in [-0.39, 0.29) is 5.97 Å². The van der Waals surface area contributed by atoms with Crippen LogP contribution in [0.25, 0.3) is 44.2 Å². The molecule has 0 saturated heterocycles. The van der Waals surface area contributed by atoms with Crippen LogP contribution in [0.15, 0.2) is 60.7 Å². The van der Waals surface area contributed by atoms with Crippen LogP contribution < -0.4 is 0 Å². The minimum atomic E-state index is -0.318. The average molecular weight is 424 g/mol. The molecule has 1 aliphatic rings. The molecule has 2 heterocycles. The van der Waals surface area contributed by atoms with E-state index in [1.165, 1.54) is 41.8 Å². The molecule has 5 aromatic rings. The lowest BCUT2D eigenvalue weighted by Gasteiger charge is -2.10. The Bertz CT molecular complexity index is 1500. The zero-order valence-electron chi connectivity index (χ0n) is 18.3. The topological polar surface area (TPSA) is 49.1 Å². The van der Waals surface area contributed by atoms with Crippen molar-refractivity contribution in [3.05, 3.63) is 66.2 Å². The van der Waals surface area contributed by atoms with Crippen molar-refractivity contribution in [2.24, 2.45) is 5.92 Å². The van der Waals surface area contributed by atoms with Gasteiger partial charge in [-0.3, -0.25) is 0 Å². The molecule has 5 heteroatoms. The van der Waals surface area contributed by atoms with E-state index in [4.69, 9.17) is 9.72 Å². The van der Waals surface area contributed by atoms with Crippen LogP contribution in [0.1, 0.15) is 30.1 Å². The third-order valence-electron chi connectivity index (χ3n) is 6.65. The highest BCUT2D eigenvalue weighted by Gasteiger charge is 2.25. The number of ether oxygens (including phenoxy) is 1. The Morgan fingerprint density at radius 2 is 1.78 bits per heavy atom. The number of esters is 1. The predicted molar refractivity (Wildman–Crippen MR) is 128 cm³/mol. The van der Waals surface area contributed by atoms with Crippen LogP contribution >= 0.6 is 0 Å².